The normalized spacial score (nSPS) is 15.4. The maximum absolute atomic E-state index is 12.4. The summed E-state index contributed by atoms with van der Waals surface area (Å²) in [6.07, 6.45) is 2.65. The van der Waals surface area contributed by atoms with Gasteiger partial charge in [-0.15, -0.1) is 0 Å². The van der Waals surface area contributed by atoms with Crippen molar-refractivity contribution in [3.8, 4) is 11.5 Å². The van der Waals surface area contributed by atoms with Gasteiger partial charge in [0.1, 0.15) is 5.82 Å². The van der Waals surface area contributed by atoms with E-state index in [2.05, 4.69) is 20.5 Å². The monoisotopic (exact) mass is 432 g/mol. The Bertz CT molecular complexity index is 1040. The summed E-state index contributed by atoms with van der Waals surface area (Å²) in [5.41, 5.74) is 2.37. The molecule has 1 fully saturated rings. The zero-order valence-corrected chi connectivity index (χ0v) is 18.4. The minimum absolute atomic E-state index is 0.163. The van der Waals surface area contributed by atoms with Crippen molar-refractivity contribution in [2.24, 2.45) is 0 Å². The van der Waals surface area contributed by atoms with Gasteiger partial charge in [-0.05, 0) is 36.8 Å². The van der Waals surface area contributed by atoms with Crippen LogP contribution >= 0.6 is 0 Å². The molecule has 3 aromatic rings. The van der Waals surface area contributed by atoms with Crippen LogP contribution in [0.15, 0.2) is 66.9 Å². The average molecular weight is 433 g/mol. The van der Waals surface area contributed by atoms with Crippen LogP contribution in [0.25, 0.3) is 0 Å². The SMILES string of the molecule is COc1cccc(CN[C@H]2CCN(c3ccc(C(=O)Nc4ccccc4)cn3)C2)c1OC. The third-order valence-electron chi connectivity index (χ3n) is 5.62. The molecular weight excluding hydrogens is 404 g/mol. The topological polar surface area (TPSA) is 75.7 Å². The Balaban J connectivity index is 1.32. The summed E-state index contributed by atoms with van der Waals surface area (Å²) in [5, 5.41) is 6.49. The van der Waals surface area contributed by atoms with E-state index in [4.69, 9.17) is 9.47 Å². The van der Waals surface area contributed by atoms with Crippen LogP contribution in [-0.2, 0) is 6.54 Å². The number of anilines is 2. The van der Waals surface area contributed by atoms with Crippen LogP contribution in [0.5, 0.6) is 11.5 Å². The number of benzene rings is 2. The van der Waals surface area contributed by atoms with E-state index in [0.717, 1.165) is 48.1 Å². The number of amides is 1. The smallest absolute Gasteiger partial charge is 0.257 e. The van der Waals surface area contributed by atoms with E-state index in [1.165, 1.54) is 0 Å². The molecule has 4 rings (SSSR count). The Hall–Kier alpha value is -3.58. The summed E-state index contributed by atoms with van der Waals surface area (Å²) in [6, 6.07) is 19.4. The Morgan fingerprint density at radius 2 is 1.91 bits per heavy atom. The van der Waals surface area contributed by atoms with Gasteiger partial charge in [0.2, 0.25) is 0 Å². The highest BCUT2D eigenvalue weighted by atomic mass is 16.5. The average Bonchev–Trinajstić information content (AvgIpc) is 3.32. The summed E-state index contributed by atoms with van der Waals surface area (Å²) in [6.45, 7) is 2.47. The second kappa shape index (κ2) is 10.2. The van der Waals surface area contributed by atoms with Crippen molar-refractivity contribution in [2.75, 3.05) is 37.5 Å². The number of hydrogen-bond donors (Lipinski definition) is 2. The molecule has 0 spiro atoms. The molecule has 1 aliphatic heterocycles. The number of pyridine rings is 1. The highest BCUT2D eigenvalue weighted by molar-refractivity contribution is 6.04. The molecule has 2 heterocycles. The summed E-state index contributed by atoms with van der Waals surface area (Å²) in [7, 11) is 3.31. The fourth-order valence-corrected chi connectivity index (χ4v) is 3.91. The van der Waals surface area contributed by atoms with Gasteiger partial charge in [0.25, 0.3) is 5.91 Å². The van der Waals surface area contributed by atoms with Crippen molar-refractivity contribution < 1.29 is 14.3 Å². The Labute approximate surface area is 188 Å². The van der Waals surface area contributed by atoms with Crippen LogP contribution in [0, 0.1) is 0 Å². The molecule has 0 unspecified atom stereocenters. The van der Waals surface area contributed by atoms with Crippen LogP contribution in [0.4, 0.5) is 11.5 Å². The molecule has 32 heavy (non-hydrogen) atoms. The largest absolute Gasteiger partial charge is 0.493 e. The standard InChI is InChI=1S/C25H28N4O3/c1-31-22-10-6-7-18(24(22)32-2)15-26-21-13-14-29(17-21)23-12-11-19(16-27-23)25(30)28-20-8-4-3-5-9-20/h3-12,16,21,26H,13-15,17H2,1-2H3,(H,28,30)/t21-/m0/s1. The molecule has 1 aromatic heterocycles. The first-order chi connectivity index (χ1) is 15.7. The number of nitrogens with one attached hydrogen (secondary N) is 2. The van der Waals surface area contributed by atoms with Gasteiger partial charge < -0.3 is 25.0 Å². The maximum Gasteiger partial charge on any atom is 0.257 e. The number of carbonyl (C=O) groups excluding carboxylic acids is 1. The Morgan fingerprint density at radius 3 is 2.62 bits per heavy atom. The molecule has 0 saturated carbocycles. The lowest BCUT2D eigenvalue weighted by Gasteiger charge is -2.19. The predicted octanol–water partition coefficient (Wildman–Crippen LogP) is 3.72. The molecule has 0 bridgehead atoms. The molecule has 7 nitrogen and oxygen atoms in total. The van der Waals surface area contributed by atoms with Crippen molar-refractivity contribution in [2.45, 2.75) is 19.0 Å². The molecule has 0 radical (unpaired) electrons. The second-order valence-electron chi connectivity index (χ2n) is 7.69. The Kier molecular flexibility index (Phi) is 6.87. The van der Waals surface area contributed by atoms with Crippen molar-refractivity contribution in [1.29, 1.82) is 0 Å². The molecule has 7 heteroatoms. The van der Waals surface area contributed by atoms with E-state index in [1.807, 2.05) is 60.7 Å². The number of ether oxygens (including phenoxy) is 2. The van der Waals surface area contributed by atoms with Crippen molar-refractivity contribution >= 4 is 17.4 Å². The van der Waals surface area contributed by atoms with E-state index in [0.29, 0.717) is 18.2 Å². The van der Waals surface area contributed by atoms with Crippen molar-refractivity contribution in [3.05, 3.63) is 78.0 Å². The van der Waals surface area contributed by atoms with Gasteiger partial charge in [-0.3, -0.25) is 4.79 Å². The molecule has 166 valence electrons. The first-order valence-electron chi connectivity index (χ1n) is 10.7. The number of aromatic nitrogens is 1. The summed E-state index contributed by atoms with van der Waals surface area (Å²) in [4.78, 5) is 19.2. The first kappa shape index (κ1) is 21.6. The molecule has 2 N–H and O–H groups in total. The molecule has 1 aliphatic rings. The van der Waals surface area contributed by atoms with Gasteiger partial charge in [0.15, 0.2) is 11.5 Å². The minimum atomic E-state index is -0.163. The molecule has 2 aromatic carbocycles. The zero-order chi connectivity index (χ0) is 22.3. The quantitative estimate of drug-likeness (QED) is 0.565. The first-order valence-corrected chi connectivity index (χ1v) is 10.7. The van der Waals surface area contributed by atoms with Crippen LogP contribution in [0.3, 0.4) is 0 Å². The third kappa shape index (κ3) is 5.00. The van der Waals surface area contributed by atoms with E-state index in [9.17, 15) is 4.79 Å². The third-order valence-corrected chi connectivity index (χ3v) is 5.62. The lowest BCUT2D eigenvalue weighted by atomic mass is 10.1. The molecule has 1 amide bonds. The number of carbonyl (C=O) groups is 1. The van der Waals surface area contributed by atoms with Gasteiger partial charge in [-0.1, -0.05) is 30.3 Å². The van der Waals surface area contributed by atoms with E-state index in [-0.39, 0.29) is 5.91 Å². The van der Waals surface area contributed by atoms with Crippen LogP contribution in [-0.4, -0.2) is 44.2 Å². The minimum Gasteiger partial charge on any atom is -0.493 e. The van der Waals surface area contributed by atoms with E-state index < -0.39 is 0 Å². The zero-order valence-electron chi connectivity index (χ0n) is 18.4. The van der Waals surface area contributed by atoms with Gasteiger partial charge in [0, 0.05) is 43.1 Å². The van der Waals surface area contributed by atoms with Gasteiger partial charge in [0.05, 0.1) is 19.8 Å². The summed E-state index contributed by atoms with van der Waals surface area (Å²) >= 11 is 0. The number of methoxy groups -OCH3 is 2. The number of nitrogens with zero attached hydrogens (tertiary/aromatic N) is 2. The van der Waals surface area contributed by atoms with Crippen LogP contribution < -0.4 is 25.0 Å². The van der Waals surface area contributed by atoms with Crippen molar-refractivity contribution in [1.82, 2.24) is 10.3 Å². The molecular formula is C25H28N4O3. The fourth-order valence-electron chi connectivity index (χ4n) is 3.91. The summed E-state index contributed by atoms with van der Waals surface area (Å²) < 4.78 is 10.9. The van der Waals surface area contributed by atoms with Crippen molar-refractivity contribution in [3.63, 3.8) is 0 Å². The molecule has 1 atom stereocenters. The van der Waals surface area contributed by atoms with Gasteiger partial charge in [-0.2, -0.15) is 0 Å². The predicted molar refractivity (Wildman–Crippen MR) is 126 cm³/mol. The van der Waals surface area contributed by atoms with Gasteiger partial charge in [-0.25, -0.2) is 4.98 Å². The van der Waals surface area contributed by atoms with E-state index >= 15 is 0 Å². The highest BCUT2D eigenvalue weighted by Gasteiger charge is 2.24. The molecule has 1 saturated heterocycles. The summed E-state index contributed by atoms with van der Waals surface area (Å²) in [5.74, 6) is 2.22. The van der Waals surface area contributed by atoms with Crippen LogP contribution in [0.1, 0.15) is 22.3 Å². The lowest BCUT2D eigenvalue weighted by molar-refractivity contribution is 0.102. The van der Waals surface area contributed by atoms with Crippen LogP contribution in [0.2, 0.25) is 0 Å². The maximum atomic E-state index is 12.4. The number of hydrogen-bond acceptors (Lipinski definition) is 6. The number of para-hydroxylation sites is 2. The molecule has 0 aliphatic carbocycles. The number of rotatable bonds is 8. The second-order valence-corrected chi connectivity index (χ2v) is 7.69. The van der Waals surface area contributed by atoms with Gasteiger partial charge >= 0.3 is 0 Å². The Morgan fingerprint density at radius 1 is 1.06 bits per heavy atom. The fraction of sp³-hybridized carbons (Fsp3) is 0.280. The van der Waals surface area contributed by atoms with E-state index in [1.54, 1.807) is 20.4 Å². The highest BCUT2D eigenvalue weighted by Crippen LogP contribution is 2.30. The lowest BCUT2D eigenvalue weighted by Crippen LogP contribution is -2.32.